The van der Waals surface area contributed by atoms with Crippen molar-refractivity contribution in [3.63, 3.8) is 0 Å². The number of nitrogens with zero attached hydrogens (tertiary/aromatic N) is 1. The van der Waals surface area contributed by atoms with E-state index in [4.69, 9.17) is 0 Å². The minimum Gasteiger partial charge on any atom is -0.352 e. The van der Waals surface area contributed by atoms with Gasteiger partial charge in [0, 0.05) is 19.0 Å². The number of piperidine rings is 1. The van der Waals surface area contributed by atoms with Crippen LogP contribution in [0.2, 0.25) is 0 Å². The summed E-state index contributed by atoms with van der Waals surface area (Å²) in [5.74, 6) is 0.203. The van der Waals surface area contributed by atoms with Crippen LogP contribution in [0.25, 0.3) is 0 Å². The molecule has 1 aliphatic carbocycles. The number of likely N-dealkylation sites (tertiary alicyclic amines) is 1. The van der Waals surface area contributed by atoms with Crippen LogP contribution in [0.4, 0.5) is 4.39 Å². The summed E-state index contributed by atoms with van der Waals surface area (Å²) in [6.07, 6.45) is 3.19. The minimum absolute atomic E-state index is 0.180. The molecule has 4 heteroatoms. The van der Waals surface area contributed by atoms with Crippen LogP contribution < -0.4 is 5.32 Å². The molecule has 1 saturated carbocycles. The Morgan fingerprint density at radius 2 is 1.73 bits per heavy atom. The predicted octanol–water partition coefficient (Wildman–Crippen LogP) is 3.74. The molecule has 0 radical (unpaired) electrons. The Balaban J connectivity index is 1.24. The fourth-order valence-electron chi connectivity index (χ4n) is 4.18. The molecule has 1 aliphatic heterocycles. The molecule has 1 N–H and O–H groups in total. The van der Waals surface area contributed by atoms with Crippen molar-refractivity contribution < 1.29 is 9.18 Å². The van der Waals surface area contributed by atoms with Crippen LogP contribution in [0, 0.1) is 17.2 Å². The van der Waals surface area contributed by atoms with Gasteiger partial charge in [0.25, 0.3) is 0 Å². The van der Waals surface area contributed by atoms with Crippen molar-refractivity contribution in [2.24, 2.45) is 11.3 Å². The smallest absolute Gasteiger partial charge is 0.223 e. The van der Waals surface area contributed by atoms with Gasteiger partial charge in [0.1, 0.15) is 5.82 Å². The molecule has 1 saturated heterocycles. The number of carbonyl (C=O) groups is 1. The molecule has 0 bridgehead atoms. The van der Waals surface area contributed by atoms with Crippen LogP contribution >= 0.6 is 0 Å². The Kier molecular flexibility index (Phi) is 4.77. The highest BCUT2D eigenvalue weighted by molar-refractivity contribution is 5.82. The third-order valence-corrected chi connectivity index (χ3v) is 5.99. The van der Waals surface area contributed by atoms with E-state index in [1.54, 1.807) is 0 Å². The number of hydrogen-bond acceptors (Lipinski definition) is 2. The SMILES string of the molecule is O=C(NCc1ccccc1)C1CC12CCN(Cc1ccc(F)cc1)CC2. The molecule has 2 fully saturated rings. The summed E-state index contributed by atoms with van der Waals surface area (Å²) in [5, 5.41) is 3.10. The van der Waals surface area contributed by atoms with Crippen LogP contribution in [0.3, 0.4) is 0 Å². The van der Waals surface area contributed by atoms with Gasteiger partial charge in [-0.3, -0.25) is 9.69 Å². The molecule has 0 aromatic heterocycles. The normalized spacial score (nSPS) is 21.5. The van der Waals surface area contributed by atoms with E-state index in [0.29, 0.717) is 6.54 Å². The zero-order valence-electron chi connectivity index (χ0n) is 15.0. The zero-order valence-corrected chi connectivity index (χ0v) is 15.0. The Morgan fingerprint density at radius 3 is 2.42 bits per heavy atom. The monoisotopic (exact) mass is 352 g/mol. The van der Waals surface area contributed by atoms with Gasteiger partial charge in [-0.1, -0.05) is 42.5 Å². The molecule has 2 aromatic carbocycles. The first-order valence-electron chi connectivity index (χ1n) is 9.43. The Labute approximate surface area is 154 Å². The van der Waals surface area contributed by atoms with Crippen LogP contribution in [0.1, 0.15) is 30.4 Å². The Hall–Kier alpha value is -2.20. The lowest BCUT2D eigenvalue weighted by molar-refractivity contribution is -0.123. The molecule has 1 heterocycles. The molecule has 4 rings (SSSR count). The summed E-state index contributed by atoms with van der Waals surface area (Å²) in [7, 11) is 0. The first kappa shape index (κ1) is 17.2. The molecule has 3 nitrogen and oxygen atoms in total. The van der Waals surface area contributed by atoms with Crippen LogP contribution in [-0.2, 0) is 17.9 Å². The summed E-state index contributed by atoms with van der Waals surface area (Å²) in [6.45, 7) is 3.50. The van der Waals surface area contributed by atoms with E-state index in [9.17, 15) is 9.18 Å². The molecule has 2 aliphatic rings. The maximum Gasteiger partial charge on any atom is 0.223 e. The lowest BCUT2D eigenvalue weighted by atomic mass is 9.90. The van der Waals surface area contributed by atoms with Crippen molar-refractivity contribution >= 4 is 5.91 Å². The summed E-state index contributed by atoms with van der Waals surface area (Å²) in [4.78, 5) is 14.9. The molecule has 1 amide bonds. The number of benzene rings is 2. The Morgan fingerprint density at radius 1 is 1.04 bits per heavy atom. The predicted molar refractivity (Wildman–Crippen MR) is 99.7 cm³/mol. The lowest BCUT2D eigenvalue weighted by Gasteiger charge is -2.32. The maximum absolute atomic E-state index is 13.0. The van der Waals surface area contributed by atoms with E-state index < -0.39 is 0 Å². The second kappa shape index (κ2) is 7.20. The van der Waals surface area contributed by atoms with Gasteiger partial charge in [-0.2, -0.15) is 0 Å². The van der Waals surface area contributed by atoms with Gasteiger partial charge in [-0.15, -0.1) is 0 Å². The third-order valence-electron chi connectivity index (χ3n) is 5.99. The number of carbonyl (C=O) groups excluding carboxylic acids is 1. The first-order valence-corrected chi connectivity index (χ1v) is 9.43. The van der Waals surface area contributed by atoms with E-state index in [2.05, 4.69) is 10.2 Å². The van der Waals surface area contributed by atoms with Crippen LogP contribution in [0.5, 0.6) is 0 Å². The molecule has 1 spiro atoms. The van der Waals surface area contributed by atoms with E-state index >= 15 is 0 Å². The number of nitrogens with one attached hydrogen (secondary N) is 1. The van der Waals surface area contributed by atoms with E-state index in [1.807, 2.05) is 42.5 Å². The van der Waals surface area contributed by atoms with Gasteiger partial charge in [0.05, 0.1) is 0 Å². The first-order chi connectivity index (χ1) is 12.6. The number of hydrogen-bond donors (Lipinski definition) is 1. The standard InChI is InChI=1S/C22H25FN2O/c23-19-8-6-18(7-9-19)16-25-12-10-22(11-13-25)14-20(22)21(26)24-15-17-4-2-1-3-5-17/h1-9,20H,10-16H2,(H,24,26). The molecule has 1 atom stereocenters. The molecular weight excluding hydrogens is 327 g/mol. The summed E-state index contributed by atoms with van der Waals surface area (Å²) >= 11 is 0. The van der Waals surface area contributed by atoms with Crippen molar-refractivity contribution in [1.29, 1.82) is 0 Å². The second-order valence-electron chi connectivity index (χ2n) is 7.73. The van der Waals surface area contributed by atoms with Gasteiger partial charge in [0.15, 0.2) is 0 Å². The Bertz CT molecular complexity index is 751. The topological polar surface area (TPSA) is 32.3 Å². The third kappa shape index (κ3) is 3.80. The molecule has 26 heavy (non-hydrogen) atoms. The zero-order chi connectivity index (χ0) is 18.0. The largest absolute Gasteiger partial charge is 0.352 e. The van der Waals surface area contributed by atoms with Crippen molar-refractivity contribution in [1.82, 2.24) is 10.2 Å². The van der Waals surface area contributed by atoms with Crippen LogP contribution in [0.15, 0.2) is 54.6 Å². The lowest BCUT2D eigenvalue weighted by Crippen LogP contribution is -2.36. The van der Waals surface area contributed by atoms with Gasteiger partial charge in [-0.05, 0) is 61.0 Å². The summed E-state index contributed by atoms with van der Waals surface area (Å²) < 4.78 is 13.0. The minimum atomic E-state index is -0.186. The fourth-order valence-corrected chi connectivity index (χ4v) is 4.18. The highest BCUT2D eigenvalue weighted by atomic mass is 19.1. The summed E-state index contributed by atoms with van der Waals surface area (Å²) in [6, 6.07) is 16.8. The molecular formula is C22H25FN2O. The van der Waals surface area contributed by atoms with Crippen molar-refractivity contribution in [3.8, 4) is 0 Å². The van der Waals surface area contributed by atoms with E-state index in [1.165, 1.54) is 12.1 Å². The molecule has 1 unspecified atom stereocenters. The number of amides is 1. The van der Waals surface area contributed by atoms with Gasteiger partial charge < -0.3 is 5.32 Å². The van der Waals surface area contributed by atoms with Crippen LogP contribution in [-0.4, -0.2) is 23.9 Å². The van der Waals surface area contributed by atoms with Gasteiger partial charge in [-0.25, -0.2) is 4.39 Å². The molecule has 2 aromatic rings. The fraction of sp³-hybridized carbons (Fsp3) is 0.409. The van der Waals surface area contributed by atoms with E-state index in [-0.39, 0.29) is 23.1 Å². The summed E-state index contributed by atoms with van der Waals surface area (Å²) in [5.41, 5.74) is 2.51. The second-order valence-corrected chi connectivity index (χ2v) is 7.73. The van der Waals surface area contributed by atoms with Crippen molar-refractivity contribution in [2.75, 3.05) is 13.1 Å². The maximum atomic E-state index is 13.0. The highest BCUT2D eigenvalue weighted by Gasteiger charge is 2.58. The average molecular weight is 352 g/mol. The van der Waals surface area contributed by atoms with Crippen molar-refractivity contribution in [3.05, 3.63) is 71.5 Å². The van der Waals surface area contributed by atoms with E-state index in [0.717, 1.165) is 50.0 Å². The molecule has 136 valence electrons. The van der Waals surface area contributed by atoms with Crippen molar-refractivity contribution in [2.45, 2.75) is 32.4 Å². The number of halogens is 1. The quantitative estimate of drug-likeness (QED) is 0.889. The van der Waals surface area contributed by atoms with Gasteiger partial charge in [0.2, 0.25) is 5.91 Å². The number of rotatable bonds is 5. The highest BCUT2D eigenvalue weighted by Crippen LogP contribution is 2.59. The average Bonchev–Trinajstić information content (AvgIpc) is 3.38. The van der Waals surface area contributed by atoms with Gasteiger partial charge >= 0.3 is 0 Å².